The lowest BCUT2D eigenvalue weighted by atomic mass is 10.1. The number of benzene rings is 1. The molecule has 2 aliphatic rings. The van der Waals surface area contributed by atoms with Crippen LogP contribution < -0.4 is 5.32 Å². The largest absolute Gasteiger partial charge is 0.418 e. The lowest BCUT2D eigenvalue weighted by Gasteiger charge is -2.34. The molecule has 1 N–H and O–H groups in total. The van der Waals surface area contributed by atoms with Crippen LogP contribution in [0.3, 0.4) is 0 Å². The van der Waals surface area contributed by atoms with E-state index in [0.29, 0.717) is 18.8 Å². The molecule has 0 spiro atoms. The number of rotatable bonds is 2. The number of urea groups is 1. The number of aryl methyl sites for hydroxylation is 2. The molecule has 10 heteroatoms. The standard InChI is InChI=1S/C20H22F3N5O2/c21-20(22,23)15-6-1-2-7-16(15)24-19(30)27-11-9-26(10-12-27)18(29)17-13-14-5-3-4-8-28(14)25-17/h1-2,6-7,13H,3-5,8-12H2,(H,24,30). The second-order valence-electron chi connectivity index (χ2n) is 7.45. The molecule has 0 unspecified atom stereocenters. The molecule has 0 saturated carbocycles. The third kappa shape index (κ3) is 4.12. The summed E-state index contributed by atoms with van der Waals surface area (Å²) in [4.78, 5) is 28.2. The smallest absolute Gasteiger partial charge is 0.334 e. The van der Waals surface area contributed by atoms with Crippen LogP contribution in [-0.2, 0) is 19.1 Å². The second kappa shape index (κ2) is 8.00. The van der Waals surface area contributed by atoms with Crippen molar-refractivity contribution in [1.82, 2.24) is 19.6 Å². The van der Waals surface area contributed by atoms with Gasteiger partial charge < -0.3 is 15.1 Å². The summed E-state index contributed by atoms with van der Waals surface area (Å²) in [5.41, 5.74) is 0.294. The average molecular weight is 421 g/mol. The van der Waals surface area contributed by atoms with Crippen LogP contribution in [0.4, 0.5) is 23.7 Å². The average Bonchev–Trinajstić information content (AvgIpc) is 3.17. The Labute approximate surface area is 171 Å². The normalized spacial score (nSPS) is 16.9. The third-order valence-corrected chi connectivity index (χ3v) is 5.46. The Bertz CT molecular complexity index is 925. The summed E-state index contributed by atoms with van der Waals surface area (Å²) < 4.78 is 41.2. The highest BCUT2D eigenvalue weighted by Gasteiger charge is 2.34. The molecule has 7 nitrogen and oxygen atoms in total. The van der Waals surface area contributed by atoms with E-state index in [9.17, 15) is 22.8 Å². The Morgan fingerprint density at radius 1 is 0.967 bits per heavy atom. The van der Waals surface area contributed by atoms with Gasteiger partial charge in [0.15, 0.2) is 5.69 Å². The first kappa shape index (κ1) is 20.2. The van der Waals surface area contributed by atoms with E-state index in [1.165, 1.54) is 23.1 Å². The van der Waals surface area contributed by atoms with Crippen LogP contribution in [0.1, 0.15) is 34.6 Å². The molecular weight excluding hydrogens is 399 g/mol. The molecule has 0 bridgehead atoms. The topological polar surface area (TPSA) is 70.5 Å². The number of nitrogens with zero attached hydrogens (tertiary/aromatic N) is 4. The second-order valence-corrected chi connectivity index (χ2v) is 7.45. The van der Waals surface area contributed by atoms with Gasteiger partial charge in [-0.1, -0.05) is 12.1 Å². The first-order chi connectivity index (χ1) is 14.3. The van der Waals surface area contributed by atoms with Crippen LogP contribution in [0, 0.1) is 0 Å². The monoisotopic (exact) mass is 421 g/mol. The van der Waals surface area contributed by atoms with Crippen molar-refractivity contribution in [2.24, 2.45) is 0 Å². The van der Waals surface area contributed by atoms with Crippen LogP contribution in [0.2, 0.25) is 0 Å². The van der Waals surface area contributed by atoms with Crippen LogP contribution >= 0.6 is 0 Å². The Kier molecular flexibility index (Phi) is 5.40. The first-order valence-corrected chi connectivity index (χ1v) is 9.91. The van der Waals surface area contributed by atoms with Crippen molar-refractivity contribution < 1.29 is 22.8 Å². The summed E-state index contributed by atoms with van der Waals surface area (Å²) in [5, 5.41) is 6.74. The number of halogens is 3. The van der Waals surface area contributed by atoms with Crippen molar-refractivity contribution in [3.05, 3.63) is 47.3 Å². The van der Waals surface area contributed by atoms with Gasteiger partial charge in [-0.3, -0.25) is 9.48 Å². The highest BCUT2D eigenvalue weighted by Crippen LogP contribution is 2.34. The number of anilines is 1. The van der Waals surface area contributed by atoms with Gasteiger partial charge in [0.2, 0.25) is 0 Å². The Balaban J connectivity index is 1.36. The predicted molar refractivity (Wildman–Crippen MR) is 103 cm³/mol. The molecule has 4 rings (SSSR count). The van der Waals surface area contributed by atoms with E-state index in [1.54, 1.807) is 4.90 Å². The molecular formula is C20H22F3N5O2. The molecule has 160 valence electrons. The molecule has 3 amide bonds. The zero-order valence-corrected chi connectivity index (χ0v) is 16.3. The van der Waals surface area contributed by atoms with E-state index in [4.69, 9.17) is 0 Å². The Hall–Kier alpha value is -3.04. The number of carbonyl (C=O) groups is 2. The minimum Gasteiger partial charge on any atom is -0.334 e. The maximum atomic E-state index is 13.1. The Morgan fingerprint density at radius 2 is 1.67 bits per heavy atom. The quantitative estimate of drug-likeness (QED) is 0.810. The number of alkyl halides is 3. The summed E-state index contributed by atoms with van der Waals surface area (Å²) >= 11 is 0. The van der Waals surface area contributed by atoms with Crippen molar-refractivity contribution in [1.29, 1.82) is 0 Å². The van der Waals surface area contributed by atoms with Crippen molar-refractivity contribution in [3.63, 3.8) is 0 Å². The minimum absolute atomic E-state index is 0.181. The molecule has 30 heavy (non-hydrogen) atoms. The van der Waals surface area contributed by atoms with Crippen LogP contribution in [0.25, 0.3) is 0 Å². The van der Waals surface area contributed by atoms with E-state index in [0.717, 1.165) is 37.6 Å². The van der Waals surface area contributed by atoms with E-state index < -0.39 is 17.8 Å². The molecule has 2 aliphatic heterocycles. The fraction of sp³-hybridized carbons (Fsp3) is 0.450. The highest BCUT2D eigenvalue weighted by atomic mass is 19.4. The SMILES string of the molecule is O=C(Nc1ccccc1C(F)(F)F)N1CCN(C(=O)c2cc3n(n2)CCCC3)CC1. The number of fused-ring (bicyclic) bond motifs is 1. The van der Waals surface area contributed by atoms with Crippen molar-refractivity contribution in [2.75, 3.05) is 31.5 Å². The number of aromatic nitrogens is 2. The zero-order valence-electron chi connectivity index (χ0n) is 16.3. The van der Waals surface area contributed by atoms with Gasteiger partial charge in [0.05, 0.1) is 11.3 Å². The van der Waals surface area contributed by atoms with Crippen molar-refractivity contribution in [2.45, 2.75) is 32.0 Å². The Morgan fingerprint density at radius 3 is 2.37 bits per heavy atom. The van der Waals surface area contributed by atoms with Crippen LogP contribution in [-0.4, -0.2) is 57.7 Å². The molecule has 1 fully saturated rings. The van der Waals surface area contributed by atoms with Gasteiger partial charge in [-0.15, -0.1) is 0 Å². The first-order valence-electron chi connectivity index (χ1n) is 9.91. The van der Waals surface area contributed by atoms with Gasteiger partial charge in [0.1, 0.15) is 0 Å². The highest BCUT2D eigenvalue weighted by molar-refractivity contribution is 5.93. The molecule has 0 aliphatic carbocycles. The van der Waals surface area contributed by atoms with Crippen LogP contribution in [0.5, 0.6) is 0 Å². The zero-order chi connectivity index (χ0) is 21.3. The van der Waals surface area contributed by atoms with E-state index in [1.807, 2.05) is 10.7 Å². The summed E-state index contributed by atoms with van der Waals surface area (Å²) in [6.07, 6.45) is -1.51. The number of hydrogen-bond acceptors (Lipinski definition) is 3. The molecule has 0 radical (unpaired) electrons. The van der Waals surface area contributed by atoms with E-state index >= 15 is 0 Å². The summed E-state index contributed by atoms with van der Waals surface area (Å²) in [7, 11) is 0. The lowest BCUT2D eigenvalue weighted by molar-refractivity contribution is -0.136. The van der Waals surface area contributed by atoms with Gasteiger partial charge in [-0.25, -0.2) is 4.79 Å². The van der Waals surface area contributed by atoms with E-state index in [2.05, 4.69) is 10.4 Å². The molecule has 1 aromatic carbocycles. The molecule has 3 heterocycles. The summed E-state index contributed by atoms with van der Waals surface area (Å²) in [6.45, 7) is 1.89. The molecule has 1 aromatic heterocycles. The third-order valence-electron chi connectivity index (χ3n) is 5.46. The van der Waals surface area contributed by atoms with Gasteiger partial charge >= 0.3 is 12.2 Å². The summed E-state index contributed by atoms with van der Waals surface area (Å²) in [6, 6.07) is 6.07. The fourth-order valence-corrected chi connectivity index (χ4v) is 3.83. The number of hydrogen-bond donors (Lipinski definition) is 1. The van der Waals surface area contributed by atoms with Crippen molar-refractivity contribution >= 4 is 17.6 Å². The lowest BCUT2D eigenvalue weighted by Crippen LogP contribution is -2.51. The number of nitrogens with one attached hydrogen (secondary N) is 1. The maximum Gasteiger partial charge on any atom is 0.418 e. The summed E-state index contributed by atoms with van der Waals surface area (Å²) in [5.74, 6) is -0.181. The predicted octanol–water partition coefficient (Wildman–Crippen LogP) is 3.23. The number of amides is 3. The van der Waals surface area contributed by atoms with Gasteiger partial charge in [0.25, 0.3) is 5.91 Å². The number of carbonyl (C=O) groups excluding carboxylic acids is 2. The number of para-hydroxylation sites is 1. The van der Waals surface area contributed by atoms with Gasteiger partial charge in [-0.05, 0) is 37.5 Å². The number of piperazine rings is 1. The van der Waals surface area contributed by atoms with Crippen molar-refractivity contribution in [3.8, 4) is 0 Å². The minimum atomic E-state index is -4.56. The van der Waals surface area contributed by atoms with Crippen LogP contribution in [0.15, 0.2) is 30.3 Å². The fourth-order valence-electron chi connectivity index (χ4n) is 3.83. The molecule has 1 saturated heterocycles. The molecule has 2 aromatic rings. The maximum absolute atomic E-state index is 13.1. The van der Waals surface area contributed by atoms with E-state index in [-0.39, 0.29) is 24.7 Å². The van der Waals surface area contributed by atoms with Gasteiger partial charge in [0, 0.05) is 38.4 Å². The molecule has 0 atom stereocenters. The van der Waals surface area contributed by atoms with Gasteiger partial charge in [-0.2, -0.15) is 18.3 Å².